The molecule has 0 heterocycles. The molecule has 0 saturated carbocycles. The summed E-state index contributed by atoms with van der Waals surface area (Å²) in [5, 5.41) is 0. The summed E-state index contributed by atoms with van der Waals surface area (Å²) < 4.78 is 0. The van der Waals surface area contributed by atoms with E-state index in [-0.39, 0.29) is 0 Å². The van der Waals surface area contributed by atoms with Crippen LogP contribution in [0.15, 0.2) is 0 Å². The summed E-state index contributed by atoms with van der Waals surface area (Å²) in [7, 11) is -0.936. The smallest absolute Gasteiger partial charge is 0.203 e. The van der Waals surface area contributed by atoms with Crippen LogP contribution in [0.3, 0.4) is 0 Å². The summed E-state index contributed by atoms with van der Waals surface area (Å²) in [6.45, 7) is 4.23. The fourth-order valence-electron chi connectivity index (χ4n) is 1.51. The molecule has 0 amide bonds. The number of unbranched alkanes of at least 4 members (excludes halogenated alkanes) is 7. The molecule has 0 aromatic rings. The van der Waals surface area contributed by atoms with Crippen molar-refractivity contribution in [2.24, 2.45) is 0 Å². The van der Waals surface area contributed by atoms with Gasteiger partial charge in [0.15, 0.2) is 0 Å². The Balaban J connectivity index is 2.84. The van der Waals surface area contributed by atoms with Gasteiger partial charge >= 0.3 is 0 Å². The van der Waals surface area contributed by atoms with Crippen LogP contribution in [0.2, 0.25) is 12.6 Å². The van der Waals surface area contributed by atoms with E-state index in [0.717, 1.165) is 6.04 Å². The zero-order valence-corrected chi connectivity index (χ0v) is 10.3. The molecule has 0 spiro atoms. The number of hydrogen-bond donors (Lipinski definition) is 1. The second-order valence-corrected chi connectivity index (χ2v) is 5.93. The van der Waals surface area contributed by atoms with Crippen LogP contribution in [0.5, 0.6) is 0 Å². The monoisotopic (exact) mass is 201 g/mol. The highest BCUT2D eigenvalue weighted by molar-refractivity contribution is 6.48. The van der Waals surface area contributed by atoms with Crippen molar-refractivity contribution in [1.29, 1.82) is 0 Å². The summed E-state index contributed by atoms with van der Waals surface area (Å²) in [5.41, 5.74) is 0. The van der Waals surface area contributed by atoms with Crippen LogP contribution in [0.4, 0.5) is 0 Å². The lowest BCUT2D eigenvalue weighted by Crippen LogP contribution is -2.03. The molecule has 0 aromatic heterocycles. The molecular formula is C11H25OSi. The van der Waals surface area contributed by atoms with E-state index < -0.39 is 9.04 Å². The van der Waals surface area contributed by atoms with E-state index in [1.807, 2.05) is 6.55 Å². The van der Waals surface area contributed by atoms with Crippen molar-refractivity contribution in [1.82, 2.24) is 0 Å². The Morgan fingerprint density at radius 2 is 1.31 bits per heavy atom. The first-order valence-electron chi connectivity index (χ1n) is 5.78. The first kappa shape index (κ1) is 13.2. The van der Waals surface area contributed by atoms with E-state index in [1.54, 1.807) is 0 Å². The van der Waals surface area contributed by atoms with Gasteiger partial charge in [0.05, 0.1) is 0 Å². The van der Waals surface area contributed by atoms with E-state index >= 15 is 0 Å². The first-order chi connectivity index (χ1) is 6.27. The van der Waals surface area contributed by atoms with Crippen molar-refractivity contribution in [3.63, 3.8) is 0 Å². The van der Waals surface area contributed by atoms with Crippen LogP contribution in [-0.4, -0.2) is 13.8 Å². The third-order valence-electron chi connectivity index (χ3n) is 2.39. The quantitative estimate of drug-likeness (QED) is 0.445. The lowest BCUT2D eigenvalue weighted by atomic mass is 10.1. The van der Waals surface area contributed by atoms with Crippen molar-refractivity contribution in [2.45, 2.75) is 70.9 Å². The molecule has 0 aliphatic heterocycles. The molecule has 1 radical (unpaired) electrons. The van der Waals surface area contributed by atoms with Crippen molar-refractivity contribution >= 4 is 9.04 Å². The third kappa shape index (κ3) is 12.2. The van der Waals surface area contributed by atoms with Gasteiger partial charge in [0.25, 0.3) is 0 Å². The minimum Gasteiger partial charge on any atom is -0.432 e. The van der Waals surface area contributed by atoms with Crippen molar-refractivity contribution < 1.29 is 4.80 Å². The normalized spacial score (nSPS) is 11.1. The van der Waals surface area contributed by atoms with Crippen LogP contribution in [-0.2, 0) is 0 Å². The van der Waals surface area contributed by atoms with E-state index in [1.165, 1.54) is 51.4 Å². The molecule has 79 valence electrons. The first-order valence-corrected chi connectivity index (χ1v) is 7.94. The van der Waals surface area contributed by atoms with Crippen LogP contribution in [0.1, 0.15) is 58.3 Å². The van der Waals surface area contributed by atoms with Gasteiger partial charge in [-0.25, -0.2) is 0 Å². The SMILES string of the molecule is CCCCCCCCCC[Si](C)O. The van der Waals surface area contributed by atoms with Gasteiger partial charge in [0.1, 0.15) is 0 Å². The maximum atomic E-state index is 9.13. The zero-order chi connectivity index (χ0) is 9.94. The van der Waals surface area contributed by atoms with Gasteiger partial charge in [-0.3, -0.25) is 0 Å². The summed E-state index contributed by atoms with van der Waals surface area (Å²) in [6.07, 6.45) is 10.9. The molecule has 13 heavy (non-hydrogen) atoms. The molecule has 0 atom stereocenters. The topological polar surface area (TPSA) is 20.2 Å². The van der Waals surface area contributed by atoms with Gasteiger partial charge in [-0.1, -0.05) is 58.3 Å². The number of rotatable bonds is 9. The van der Waals surface area contributed by atoms with Crippen molar-refractivity contribution in [3.8, 4) is 0 Å². The largest absolute Gasteiger partial charge is 0.432 e. The Hall–Kier alpha value is 0.177. The molecule has 0 aromatic carbocycles. The Morgan fingerprint density at radius 3 is 1.77 bits per heavy atom. The van der Waals surface area contributed by atoms with Crippen LogP contribution >= 0.6 is 0 Å². The van der Waals surface area contributed by atoms with Gasteiger partial charge in [-0.05, 0) is 12.6 Å². The second-order valence-electron chi connectivity index (χ2n) is 3.96. The lowest BCUT2D eigenvalue weighted by molar-refractivity contribution is 0.555. The van der Waals surface area contributed by atoms with E-state index in [9.17, 15) is 0 Å². The summed E-state index contributed by atoms with van der Waals surface area (Å²) in [4.78, 5) is 9.13. The molecule has 0 unspecified atom stereocenters. The summed E-state index contributed by atoms with van der Waals surface area (Å²) >= 11 is 0. The average Bonchev–Trinajstić information content (AvgIpc) is 2.09. The Morgan fingerprint density at radius 1 is 0.846 bits per heavy atom. The highest BCUT2D eigenvalue weighted by Gasteiger charge is 1.98. The molecule has 0 fully saturated rings. The molecule has 0 saturated heterocycles. The van der Waals surface area contributed by atoms with Crippen LogP contribution in [0, 0.1) is 0 Å². The van der Waals surface area contributed by atoms with Crippen LogP contribution < -0.4 is 0 Å². The molecule has 2 heteroatoms. The highest BCUT2D eigenvalue weighted by Crippen LogP contribution is 2.10. The maximum Gasteiger partial charge on any atom is 0.203 e. The Bertz CT molecular complexity index is 94.1. The Labute approximate surface area is 85.3 Å². The standard InChI is InChI=1S/C11H25OSi/c1-3-4-5-6-7-8-9-10-11-13(2)12/h12H,3-11H2,1-2H3. The highest BCUT2D eigenvalue weighted by atomic mass is 28.3. The van der Waals surface area contributed by atoms with Gasteiger partial charge in [-0.2, -0.15) is 0 Å². The van der Waals surface area contributed by atoms with Gasteiger partial charge in [0.2, 0.25) is 9.04 Å². The Kier molecular flexibility index (Phi) is 10.4. The minimum absolute atomic E-state index is 0.936. The van der Waals surface area contributed by atoms with Crippen molar-refractivity contribution in [2.75, 3.05) is 0 Å². The van der Waals surface area contributed by atoms with Gasteiger partial charge in [0, 0.05) is 0 Å². The average molecular weight is 201 g/mol. The number of hydrogen-bond acceptors (Lipinski definition) is 1. The molecule has 0 aliphatic carbocycles. The summed E-state index contributed by atoms with van der Waals surface area (Å²) in [6, 6.07) is 1.08. The van der Waals surface area contributed by atoms with E-state index in [4.69, 9.17) is 4.80 Å². The molecule has 1 nitrogen and oxygen atoms in total. The molecule has 1 N–H and O–H groups in total. The summed E-state index contributed by atoms with van der Waals surface area (Å²) in [5.74, 6) is 0. The van der Waals surface area contributed by atoms with Gasteiger partial charge in [-0.15, -0.1) is 0 Å². The predicted molar refractivity (Wildman–Crippen MR) is 61.3 cm³/mol. The minimum atomic E-state index is -0.936. The van der Waals surface area contributed by atoms with Crippen LogP contribution in [0.25, 0.3) is 0 Å². The van der Waals surface area contributed by atoms with Crippen molar-refractivity contribution in [3.05, 3.63) is 0 Å². The molecule has 0 aliphatic rings. The van der Waals surface area contributed by atoms with Gasteiger partial charge < -0.3 is 4.80 Å². The van der Waals surface area contributed by atoms with E-state index in [2.05, 4.69) is 6.92 Å². The third-order valence-corrected chi connectivity index (χ3v) is 3.47. The molecular weight excluding hydrogens is 176 g/mol. The predicted octanol–water partition coefficient (Wildman–Crippen LogP) is 3.74. The van der Waals surface area contributed by atoms with E-state index in [0.29, 0.717) is 0 Å². The second kappa shape index (κ2) is 10.3. The fourth-order valence-corrected chi connectivity index (χ4v) is 2.28. The molecule has 0 rings (SSSR count). The maximum absolute atomic E-state index is 9.13. The lowest BCUT2D eigenvalue weighted by Gasteiger charge is -2.02. The molecule has 0 bridgehead atoms. The fraction of sp³-hybridized carbons (Fsp3) is 1.00. The zero-order valence-electron chi connectivity index (χ0n) is 9.31.